The largest absolute Gasteiger partial charge is 0.324 e. The topological polar surface area (TPSA) is 64.7 Å². The Labute approximate surface area is 158 Å². The van der Waals surface area contributed by atoms with Crippen molar-refractivity contribution >= 4 is 39.1 Å². The van der Waals surface area contributed by atoms with Crippen LogP contribution in [0.2, 0.25) is 5.02 Å². The summed E-state index contributed by atoms with van der Waals surface area (Å²) in [5.74, 6) is -0.127. The highest BCUT2D eigenvalue weighted by molar-refractivity contribution is 9.10. The van der Waals surface area contributed by atoms with E-state index in [4.69, 9.17) is 11.6 Å². The second-order valence-corrected chi connectivity index (χ2v) is 7.03. The van der Waals surface area contributed by atoms with Crippen molar-refractivity contribution in [3.05, 3.63) is 63.6 Å². The van der Waals surface area contributed by atoms with Crippen molar-refractivity contribution in [2.75, 3.05) is 5.32 Å². The minimum absolute atomic E-state index is 0.127. The molecule has 2 heterocycles. The fraction of sp³-hybridized carbons (Fsp3) is 0.235. The van der Waals surface area contributed by atoms with E-state index in [1.807, 2.05) is 38.1 Å². The molecular weight excluding hydrogens is 406 g/mol. The van der Waals surface area contributed by atoms with Gasteiger partial charge in [0.1, 0.15) is 6.04 Å². The highest BCUT2D eigenvalue weighted by Gasteiger charge is 2.18. The summed E-state index contributed by atoms with van der Waals surface area (Å²) in [5, 5.41) is 11.9. The minimum atomic E-state index is -0.417. The Hall–Kier alpha value is -2.12. The average Bonchev–Trinajstić information content (AvgIpc) is 3.13. The maximum absolute atomic E-state index is 12.5. The zero-order valence-electron chi connectivity index (χ0n) is 13.8. The molecule has 0 spiro atoms. The van der Waals surface area contributed by atoms with Crippen molar-refractivity contribution in [3.8, 4) is 0 Å². The first-order valence-corrected chi connectivity index (χ1v) is 8.88. The Morgan fingerprint density at radius 3 is 2.80 bits per heavy atom. The molecule has 0 saturated heterocycles. The van der Waals surface area contributed by atoms with Crippen molar-refractivity contribution < 1.29 is 4.79 Å². The molecule has 0 aliphatic carbocycles. The van der Waals surface area contributed by atoms with E-state index in [9.17, 15) is 4.79 Å². The predicted octanol–water partition coefficient (Wildman–Crippen LogP) is 4.05. The smallest absolute Gasteiger partial charge is 0.248 e. The molecule has 0 bridgehead atoms. The lowest BCUT2D eigenvalue weighted by molar-refractivity contribution is -0.119. The third kappa shape index (κ3) is 4.11. The van der Waals surface area contributed by atoms with Gasteiger partial charge in [-0.05, 0) is 47.5 Å². The first-order valence-electron chi connectivity index (χ1n) is 7.71. The molecule has 0 aliphatic rings. The lowest BCUT2D eigenvalue weighted by atomic mass is 10.2. The highest BCUT2D eigenvalue weighted by atomic mass is 79.9. The van der Waals surface area contributed by atoms with Crippen molar-refractivity contribution in [1.82, 2.24) is 19.6 Å². The van der Waals surface area contributed by atoms with Crippen LogP contribution in [0.15, 0.2) is 47.3 Å². The number of halogens is 2. The number of nitrogens with zero attached hydrogens (tertiary/aromatic N) is 4. The Morgan fingerprint density at radius 1 is 1.36 bits per heavy atom. The van der Waals surface area contributed by atoms with Crippen LogP contribution in [0.25, 0.3) is 0 Å². The molecule has 0 fully saturated rings. The number of nitrogens with one attached hydrogen (secondary N) is 1. The normalized spacial score (nSPS) is 12.2. The molecule has 0 saturated carbocycles. The molecule has 1 amide bonds. The van der Waals surface area contributed by atoms with Gasteiger partial charge in [0.25, 0.3) is 0 Å². The Bertz CT molecular complexity index is 904. The minimum Gasteiger partial charge on any atom is -0.324 e. The van der Waals surface area contributed by atoms with E-state index in [2.05, 4.69) is 31.4 Å². The second kappa shape index (κ2) is 7.41. The average molecular weight is 423 g/mol. The van der Waals surface area contributed by atoms with Crippen molar-refractivity contribution in [3.63, 3.8) is 0 Å². The zero-order valence-corrected chi connectivity index (χ0v) is 16.1. The van der Waals surface area contributed by atoms with Gasteiger partial charge >= 0.3 is 0 Å². The summed E-state index contributed by atoms with van der Waals surface area (Å²) >= 11 is 9.29. The standard InChI is InChI=1S/C17H17BrClN5O/c1-11-16(18)8-21-24(11)12(2)17(25)22-15-5-3-4-13(6-15)9-23-10-14(19)7-20-23/h3-8,10,12H,9H2,1-2H3,(H,22,25). The van der Waals surface area contributed by atoms with Crippen LogP contribution in [0.1, 0.15) is 24.2 Å². The summed E-state index contributed by atoms with van der Waals surface area (Å²) in [6.07, 6.45) is 5.04. The summed E-state index contributed by atoms with van der Waals surface area (Å²) in [4.78, 5) is 12.5. The van der Waals surface area contributed by atoms with Crippen LogP contribution in [0.5, 0.6) is 0 Å². The fourth-order valence-electron chi connectivity index (χ4n) is 2.51. The molecule has 1 atom stereocenters. The number of hydrogen-bond donors (Lipinski definition) is 1. The Balaban J connectivity index is 1.71. The molecule has 0 aliphatic heterocycles. The SMILES string of the molecule is Cc1c(Br)cnn1C(C)C(=O)Nc1cccc(Cn2cc(Cl)cn2)c1. The molecule has 8 heteroatoms. The van der Waals surface area contributed by atoms with Gasteiger partial charge in [-0.3, -0.25) is 14.2 Å². The van der Waals surface area contributed by atoms with Gasteiger partial charge in [0.2, 0.25) is 5.91 Å². The number of aromatic nitrogens is 4. The number of carbonyl (C=O) groups excluding carboxylic acids is 1. The number of hydrogen-bond acceptors (Lipinski definition) is 3. The van der Waals surface area contributed by atoms with E-state index < -0.39 is 6.04 Å². The maximum atomic E-state index is 12.5. The van der Waals surface area contributed by atoms with E-state index in [0.717, 1.165) is 21.4 Å². The first-order chi connectivity index (χ1) is 11.9. The van der Waals surface area contributed by atoms with E-state index in [1.54, 1.807) is 28.0 Å². The van der Waals surface area contributed by atoms with Crippen LogP contribution in [-0.2, 0) is 11.3 Å². The van der Waals surface area contributed by atoms with Crippen LogP contribution in [0, 0.1) is 6.92 Å². The summed E-state index contributed by atoms with van der Waals surface area (Å²) in [7, 11) is 0. The second-order valence-electron chi connectivity index (χ2n) is 5.74. The highest BCUT2D eigenvalue weighted by Crippen LogP contribution is 2.20. The quantitative estimate of drug-likeness (QED) is 0.674. The summed E-state index contributed by atoms with van der Waals surface area (Å²) in [5.41, 5.74) is 2.66. The summed E-state index contributed by atoms with van der Waals surface area (Å²) in [6, 6.07) is 7.24. The molecule has 1 unspecified atom stereocenters. The van der Waals surface area contributed by atoms with Crippen molar-refractivity contribution in [2.24, 2.45) is 0 Å². The summed E-state index contributed by atoms with van der Waals surface area (Å²) in [6.45, 7) is 4.31. The van der Waals surface area contributed by atoms with E-state index in [1.165, 1.54) is 0 Å². The lowest BCUT2D eigenvalue weighted by Crippen LogP contribution is -2.25. The Kier molecular flexibility index (Phi) is 5.24. The van der Waals surface area contributed by atoms with Gasteiger partial charge in [0.05, 0.1) is 34.1 Å². The number of carbonyl (C=O) groups is 1. The molecular formula is C17H17BrClN5O. The molecule has 130 valence electrons. The molecule has 6 nitrogen and oxygen atoms in total. The van der Waals surface area contributed by atoms with Gasteiger partial charge in [0, 0.05) is 11.9 Å². The molecule has 25 heavy (non-hydrogen) atoms. The maximum Gasteiger partial charge on any atom is 0.248 e. The van der Waals surface area contributed by atoms with Crippen molar-refractivity contribution in [1.29, 1.82) is 0 Å². The van der Waals surface area contributed by atoms with E-state index in [0.29, 0.717) is 11.6 Å². The van der Waals surface area contributed by atoms with Crippen LogP contribution in [-0.4, -0.2) is 25.5 Å². The van der Waals surface area contributed by atoms with Gasteiger partial charge in [-0.2, -0.15) is 10.2 Å². The molecule has 1 N–H and O–H groups in total. The Morgan fingerprint density at radius 2 is 2.16 bits per heavy atom. The molecule has 3 aromatic rings. The number of benzene rings is 1. The lowest BCUT2D eigenvalue weighted by Gasteiger charge is -2.15. The molecule has 1 aromatic carbocycles. The van der Waals surface area contributed by atoms with Gasteiger partial charge in [-0.1, -0.05) is 23.7 Å². The predicted molar refractivity (Wildman–Crippen MR) is 101 cm³/mol. The van der Waals surface area contributed by atoms with Gasteiger partial charge in [-0.15, -0.1) is 0 Å². The van der Waals surface area contributed by atoms with Crippen LogP contribution in [0.4, 0.5) is 5.69 Å². The monoisotopic (exact) mass is 421 g/mol. The van der Waals surface area contributed by atoms with Gasteiger partial charge < -0.3 is 5.32 Å². The van der Waals surface area contributed by atoms with Crippen LogP contribution < -0.4 is 5.32 Å². The van der Waals surface area contributed by atoms with Gasteiger partial charge in [0.15, 0.2) is 0 Å². The third-order valence-electron chi connectivity index (χ3n) is 3.87. The fourth-order valence-corrected chi connectivity index (χ4v) is 2.94. The zero-order chi connectivity index (χ0) is 18.0. The summed E-state index contributed by atoms with van der Waals surface area (Å²) < 4.78 is 4.32. The van der Waals surface area contributed by atoms with E-state index >= 15 is 0 Å². The number of amides is 1. The van der Waals surface area contributed by atoms with E-state index in [-0.39, 0.29) is 5.91 Å². The molecule has 0 radical (unpaired) electrons. The first kappa shape index (κ1) is 17.7. The molecule has 2 aromatic heterocycles. The third-order valence-corrected chi connectivity index (χ3v) is 4.85. The van der Waals surface area contributed by atoms with Crippen LogP contribution >= 0.6 is 27.5 Å². The molecule has 3 rings (SSSR count). The number of anilines is 1. The van der Waals surface area contributed by atoms with Crippen molar-refractivity contribution in [2.45, 2.75) is 26.4 Å². The van der Waals surface area contributed by atoms with Crippen LogP contribution in [0.3, 0.4) is 0 Å². The number of rotatable bonds is 5. The van der Waals surface area contributed by atoms with Gasteiger partial charge in [-0.25, -0.2) is 0 Å².